The fraction of sp³-hybridized carbons (Fsp3) is 0.722. The van der Waals surface area contributed by atoms with Gasteiger partial charge in [0, 0.05) is 36.7 Å². The van der Waals surface area contributed by atoms with Crippen LogP contribution < -0.4 is 10.6 Å². The number of carbonyl (C=O) groups excluding carboxylic acids is 4. The summed E-state index contributed by atoms with van der Waals surface area (Å²) in [5, 5.41) is 24.2. The summed E-state index contributed by atoms with van der Waals surface area (Å²) in [4.78, 5) is 71.9. The molecule has 10 heteroatoms. The van der Waals surface area contributed by atoms with Crippen molar-refractivity contribution < 1.29 is 39.0 Å². The largest absolute Gasteiger partial charge is 0.480 e. The second kappa shape index (κ2) is 16.5. The van der Waals surface area contributed by atoms with Crippen LogP contribution in [0.25, 0.3) is 0 Å². The average Bonchev–Trinajstić information content (AvgIpc) is 3.48. The molecule has 0 aromatic heterocycles. The van der Waals surface area contributed by atoms with Crippen molar-refractivity contribution in [1.82, 2.24) is 10.6 Å². The van der Waals surface area contributed by atoms with Crippen LogP contribution in [0.2, 0.25) is 0 Å². The highest BCUT2D eigenvalue weighted by Gasteiger charge is 2.61. The van der Waals surface area contributed by atoms with Crippen molar-refractivity contribution >= 4 is 35.3 Å². The molecule has 0 spiro atoms. The van der Waals surface area contributed by atoms with Crippen LogP contribution >= 0.6 is 0 Å². The Morgan fingerprint density at radius 2 is 1.67 bits per heavy atom. The zero-order valence-corrected chi connectivity index (χ0v) is 28.2. The number of carboxylic acid groups (broad SMARTS) is 2. The van der Waals surface area contributed by atoms with E-state index in [0.717, 1.165) is 38.5 Å². The number of amides is 2. The molecule has 4 aliphatic rings. The summed E-state index contributed by atoms with van der Waals surface area (Å²) in [6, 6.07) is -0.858. The molecule has 3 fully saturated rings. The molecule has 256 valence electrons. The fourth-order valence-corrected chi connectivity index (χ4v) is 7.55. The van der Waals surface area contributed by atoms with Crippen LogP contribution in [0.4, 0.5) is 0 Å². The van der Waals surface area contributed by atoms with Crippen molar-refractivity contribution in [2.45, 2.75) is 123 Å². The quantitative estimate of drug-likeness (QED) is 0.186. The molecule has 4 N–H and O–H groups in total. The molecule has 0 unspecified atom stereocenters. The molecular formula is C36H54N2O8. The Morgan fingerprint density at radius 3 is 2.24 bits per heavy atom. The van der Waals surface area contributed by atoms with E-state index in [1.807, 2.05) is 45.9 Å². The first kappa shape index (κ1) is 37.2. The Bertz CT molecular complexity index is 1220. The first-order valence-corrected chi connectivity index (χ1v) is 17.3. The number of fused-ring (bicyclic) bond motifs is 1. The topological polar surface area (TPSA) is 167 Å². The van der Waals surface area contributed by atoms with E-state index in [1.165, 1.54) is 0 Å². The first-order valence-electron chi connectivity index (χ1n) is 17.3. The Morgan fingerprint density at radius 1 is 0.978 bits per heavy atom. The molecule has 0 radical (unpaired) electrons. The summed E-state index contributed by atoms with van der Waals surface area (Å²) in [5.41, 5.74) is -0.439. The van der Waals surface area contributed by atoms with Gasteiger partial charge in [-0.1, -0.05) is 65.7 Å². The van der Waals surface area contributed by atoms with Crippen molar-refractivity contribution in [3.8, 4) is 0 Å². The Hall–Kier alpha value is -3.30. The number of hydrogen-bond donors (Lipinski definition) is 4. The van der Waals surface area contributed by atoms with Crippen LogP contribution in [0.1, 0.15) is 112 Å². The zero-order valence-electron chi connectivity index (χ0n) is 28.2. The second-order valence-electron chi connectivity index (χ2n) is 13.7. The highest BCUT2D eigenvalue weighted by molar-refractivity contribution is 6.00. The number of allylic oxidation sites excluding steroid dienone is 3. The number of carbonyl (C=O) groups is 6. The number of carboxylic acids is 2. The molecule has 0 heterocycles. The maximum atomic E-state index is 12.8. The summed E-state index contributed by atoms with van der Waals surface area (Å²) in [6.07, 6.45) is 14.0. The molecule has 46 heavy (non-hydrogen) atoms. The molecule has 10 nitrogen and oxygen atoms in total. The highest BCUT2D eigenvalue weighted by atomic mass is 16.4. The Kier molecular flexibility index (Phi) is 13.3. The minimum absolute atomic E-state index is 0.0103. The predicted molar refractivity (Wildman–Crippen MR) is 174 cm³/mol. The summed E-state index contributed by atoms with van der Waals surface area (Å²) in [5.74, 6) is -2.01. The van der Waals surface area contributed by atoms with Crippen LogP contribution in [0.15, 0.2) is 23.8 Å². The average molecular weight is 643 g/mol. The Balaban J connectivity index is 0.000000250. The van der Waals surface area contributed by atoms with Gasteiger partial charge in [-0.3, -0.25) is 19.2 Å². The molecule has 0 aromatic carbocycles. The van der Waals surface area contributed by atoms with Crippen LogP contribution in [-0.4, -0.2) is 57.1 Å². The lowest BCUT2D eigenvalue weighted by molar-refractivity contribution is -0.143. The molecule has 0 saturated heterocycles. The number of Topliss-reactive ketones (excluding diaryl/α,β-unsaturated/α-hetero) is 2. The van der Waals surface area contributed by atoms with E-state index in [2.05, 4.69) is 17.6 Å². The fourth-order valence-electron chi connectivity index (χ4n) is 7.55. The number of ketones is 2. The molecule has 0 aliphatic heterocycles. The number of rotatable bonds is 14. The summed E-state index contributed by atoms with van der Waals surface area (Å²) < 4.78 is 0. The van der Waals surface area contributed by atoms with Gasteiger partial charge < -0.3 is 20.8 Å². The maximum Gasteiger partial charge on any atom is 0.329 e. The van der Waals surface area contributed by atoms with E-state index in [0.29, 0.717) is 37.7 Å². The molecule has 9 atom stereocenters. The molecule has 3 saturated carbocycles. The molecule has 4 rings (SSSR count). The van der Waals surface area contributed by atoms with Gasteiger partial charge in [-0.2, -0.15) is 0 Å². The van der Waals surface area contributed by atoms with Crippen molar-refractivity contribution in [3.63, 3.8) is 0 Å². The van der Waals surface area contributed by atoms with Gasteiger partial charge in [-0.25, -0.2) is 9.59 Å². The monoisotopic (exact) mass is 642 g/mol. The van der Waals surface area contributed by atoms with Crippen molar-refractivity contribution in [1.29, 1.82) is 0 Å². The number of aliphatic carboxylic acids is 2. The van der Waals surface area contributed by atoms with Crippen molar-refractivity contribution in [2.24, 2.45) is 41.4 Å². The summed E-state index contributed by atoms with van der Waals surface area (Å²) in [7, 11) is 0. The third-order valence-electron chi connectivity index (χ3n) is 10.9. The van der Waals surface area contributed by atoms with Crippen LogP contribution in [0.3, 0.4) is 0 Å². The molecule has 4 aliphatic carbocycles. The lowest BCUT2D eigenvalue weighted by atomic mass is 9.74. The molecule has 0 aromatic rings. The normalized spacial score (nSPS) is 31.3. The van der Waals surface area contributed by atoms with E-state index < -0.39 is 23.5 Å². The van der Waals surface area contributed by atoms with E-state index in [1.54, 1.807) is 0 Å². The third kappa shape index (κ3) is 8.73. The van der Waals surface area contributed by atoms with Gasteiger partial charge in [0.2, 0.25) is 11.8 Å². The minimum Gasteiger partial charge on any atom is -0.480 e. The third-order valence-corrected chi connectivity index (χ3v) is 10.9. The van der Waals surface area contributed by atoms with Gasteiger partial charge in [0.1, 0.15) is 23.1 Å². The summed E-state index contributed by atoms with van der Waals surface area (Å²) in [6.45, 7) is 9.76. The van der Waals surface area contributed by atoms with Gasteiger partial charge in [0.25, 0.3) is 0 Å². The SMILES string of the molecule is CC/C=C\C[C@@H]1C(=O)CC[C@@H]1CC(=O)N[C@H](C(=O)O)[C@@H](C)CC.CC[C@H]1C=C(C(=O)N[C@@]2(C(=O)O)C[C@H]2CC)[C@H]2CCC(=O)[C@H]2C1. The lowest BCUT2D eigenvalue weighted by Crippen LogP contribution is -2.47. The molecule has 2 amide bonds. The van der Waals surface area contributed by atoms with Crippen molar-refractivity contribution in [2.75, 3.05) is 0 Å². The van der Waals surface area contributed by atoms with Gasteiger partial charge in [-0.05, 0) is 74.5 Å². The van der Waals surface area contributed by atoms with Gasteiger partial charge in [0.05, 0.1) is 0 Å². The molecule has 0 bridgehead atoms. The van der Waals surface area contributed by atoms with Crippen LogP contribution in [-0.2, 0) is 28.8 Å². The molecular weight excluding hydrogens is 588 g/mol. The zero-order chi connectivity index (χ0) is 34.2. The number of hydrogen-bond acceptors (Lipinski definition) is 6. The van der Waals surface area contributed by atoms with E-state index in [9.17, 15) is 39.0 Å². The second-order valence-corrected chi connectivity index (χ2v) is 13.7. The van der Waals surface area contributed by atoms with E-state index in [-0.39, 0.29) is 71.2 Å². The Labute approximate surface area is 273 Å². The first-order chi connectivity index (χ1) is 21.8. The number of nitrogens with one attached hydrogen (secondary N) is 2. The maximum absolute atomic E-state index is 12.8. The smallest absolute Gasteiger partial charge is 0.329 e. The van der Waals surface area contributed by atoms with Crippen LogP contribution in [0.5, 0.6) is 0 Å². The van der Waals surface area contributed by atoms with Gasteiger partial charge in [0.15, 0.2) is 0 Å². The minimum atomic E-state index is -1.09. The lowest BCUT2D eigenvalue weighted by Gasteiger charge is -2.30. The van der Waals surface area contributed by atoms with Crippen molar-refractivity contribution in [3.05, 3.63) is 23.8 Å². The van der Waals surface area contributed by atoms with Crippen LogP contribution in [0, 0.1) is 41.4 Å². The predicted octanol–water partition coefficient (Wildman–Crippen LogP) is 5.25. The van der Waals surface area contributed by atoms with Gasteiger partial charge in [-0.15, -0.1) is 0 Å². The highest BCUT2D eigenvalue weighted by Crippen LogP contribution is 2.48. The van der Waals surface area contributed by atoms with E-state index in [4.69, 9.17) is 0 Å². The standard InChI is InChI=1S/C18H25NO4.C18H29NO4/c1-3-10-7-13-12(5-6-15(13)20)14(8-10)16(21)19-18(17(22)23)9-11(18)4-2;1-4-6-7-8-14-13(9-10-15(14)20)11-16(21)19-17(18(22)23)12(3)5-2/h8,10-13H,3-7,9H2,1-2H3,(H,19,21)(H,22,23);6-7,12-14,17H,4-5,8-11H2,1-3H3,(H,19,21)(H,22,23)/b;7-6-/t10-,11-,12+,13+,18+;12-,13+,14-,17-/m10/s1. The van der Waals surface area contributed by atoms with Gasteiger partial charge >= 0.3 is 11.9 Å². The summed E-state index contributed by atoms with van der Waals surface area (Å²) >= 11 is 0. The van der Waals surface area contributed by atoms with E-state index >= 15 is 0 Å².